The van der Waals surface area contributed by atoms with Crippen LogP contribution in [0.2, 0.25) is 0 Å². The van der Waals surface area contributed by atoms with Gasteiger partial charge in [-0.3, -0.25) is 14.4 Å². The molecule has 2 rings (SSSR count). The summed E-state index contributed by atoms with van der Waals surface area (Å²) >= 11 is 0. The van der Waals surface area contributed by atoms with E-state index in [2.05, 4.69) is 27.2 Å². The lowest BCUT2D eigenvalue weighted by molar-refractivity contribution is -0.129. The molecule has 3 amide bonds. The molecular weight excluding hydrogens is 376 g/mol. The van der Waals surface area contributed by atoms with Crippen molar-refractivity contribution in [1.29, 1.82) is 0 Å². The fourth-order valence-electron chi connectivity index (χ4n) is 3.21. The molecule has 1 aliphatic heterocycles. The summed E-state index contributed by atoms with van der Waals surface area (Å²) in [5.41, 5.74) is -0.213. The summed E-state index contributed by atoms with van der Waals surface area (Å²) < 4.78 is 5.10. The molecule has 1 aliphatic rings. The number of hydrogen-bond donors (Lipinski definition) is 2. The Balaban J connectivity index is 1.94. The molecule has 0 radical (unpaired) electrons. The molecule has 1 fully saturated rings. The topological polar surface area (TPSA) is 109 Å². The van der Waals surface area contributed by atoms with Gasteiger partial charge in [-0.15, -0.1) is 6.58 Å². The molecule has 1 aromatic carbocycles. The summed E-state index contributed by atoms with van der Waals surface area (Å²) in [4.78, 5) is 42.9. The number of rotatable bonds is 9. The first-order valence-corrected chi connectivity index (χ1v) is 9.12. The van der Waals surface area contributed by atoms with Gasteiger partial charge in [0, 0.05) is 18.7 Å². The van der Waals surface area contributed by atoms with Gasteiger partial charge in [-0.25, -0.2) is 0 Å². The minimum atomic E-state index is -0.620. The van der Waals surface area contributed by atoms with E-state index in [4.69, 9.17) is 4.74 Å². The number of nitrogens with zero attached hydrogens (tertiary/aromatic N) is 2. The number of likely N-dealkylation sites (tertiary alicyclic amines) is 1. The van der Waals surface area contributed by atoms with E-state index in [1.54, 1.807) is 35.2 Å². The van der Waals surface area contributed by atoms with Crippen molar-refractivity contribution in [2.24, 2.45) is 5.16 Å². The lowest BCUT2D eigenvalue weighted by Gasteiger charge is -2.29. The molecular formula is C20H26N4O5. The summed E-state index contributed by atoms with van der Waals surface area (Å²) in [5.74, 6) is -0.440. The Labute approximate surface area is 169 Å². The molecule has 29 heavy (non-hydrogen) atoms. The minimum Gasteiger partial charge on any atom is -0.497 e. The monoisotopic (exact) mass is 402 g/mol. The average molecular weight is 402 g/mol. The maximum absolute atomic E-state index is 12.6. The Morgan fingerprint density at radius 2 is 2.14 bits per heavy atom. The Hall–Kier alpha value is -3.36. The highest BCUT2D eigenvalue weighted by Crippen LogP contribution is 2.25. The predicted molar refractivity (Wildman–Crippen MR) is 108 cm³/mol. The van der Waals surface area contributed by atoms with E-state index in [1.165, 1.54) is 14.2 Å². The Morgan fingerprint density at radius 1 is 1.34 bits per heavy atom. The van der Waals surface area contributed by atoms with Crippen molar-refractivity contribution in [2.75, 3.05) is 33.9 Å². The Kier molecular flexibility index (Phi) is 7.76. The number of oxime groups is 1. The molecule has 1 aromatic rings. The van der Waals surface area contributed by atoms with Crippen LogP contribution in [0.15, 0.2) is 42.1 Å². The van der Waals surface area contributed by atoms with Crippen molar-refractivity contribution in [2.45, 2.75) is 18.4 Å². The van der Waals surface area contributed by atoms with E-state index >= 15 is 0 Å². The summed E-state index contributed by atoms with van der Waals surface area (Å²) in [5, 5.41) is 8.96. The molecule has 1 heterocycles. The van der Waals surface area contributed by atoms with Crippen LogP contribution >= 0.6 is 0 Å². The maximum Gasteiger partial charge on any atom is 0.266 e. The molecule has 156 valence electrons. The predicted octanol–water partition coefficient (Wildman–Crippen LogP) is 0.721. The third-order valence-electron chi connectivity index (χ3n) is 4.64. The Bertz CT molecular complexity index is 795. The minimum absolute atomic E-state index is 0.140. The largest absolute Gasteiger partial charge is 0.497 e. The van der Waals surface area contributed by atoms with Crippen molar-refractivity contribution in [3.05, 3.63) is 42.5 Å². The molecule has 0 aromatic heterocycles. The number of carbonyl (C=O) groups excluding carboxylic acids is 3. The number of nitrogens with one attached hydrogen (secondary N) is 2. The lowest BCUT2D eigenvalue weighted by Crippen LogP contribution is -2.51. The third-order valence-corrected chi connectivity index (χ3v) is 4.64. The number of amides is 3. The molecule has 0 bridgehead atoms. The molecule has 9 heteroatoms. The smallest absolute Gasteiger partial charge is 0.266 e. The SMILES string of the molecule is C=CCC1(NC(=O)/C=N/OC)CCN(C(=O)CNC(=O)c2cccc(OC)c2)C1. The van der Waals surface area contributed by atoms with Gasteiger partial charge in [-0.1, -0.05) is 17.3 Å². The molecule has 0 spiro atoms. The van der Waals surface area contributed by atoms with E-state index in [9.17, 15) is 14.4 Å². The molecule has 1 atom stereocenters. The van der Waals surface area contributed by atoms with Crippen molar-refractivity contribution in [1.82, 2.24) is 15.5 Å². The van der Waals surface area contributed by atoms with E-state index in [0.29, 0.717) is 37.2 Å². The Morgan fingerprint density at radius 3 is 2.83 bits per heavy atom. The van der Waals surface area contributed by atoms with E-state index in [-0.39, 0.29) is 18.4 Å². The number of methoxy groups -OCH3 is 1. The quantitative estimate of drug-likeness (QED) is 0.359. The molecule has 0 saturated carbocycles. The fourth-order valence-corrected chi connectivity index (χ4v) is 3.21. The molecule has 9 nitrogen and oxygen atoms in total. The standard InChI is InChI=1S/C20H26N4O5/c1-4-8-20(23-17(25)12-22-29-3)9-10-24(14-20)18(26)13-21-19(27)15-6-5-7-16(11-15)28-2/h4-7,11-12H,1,8-10,13-14H2,2-3H3,(H,21,27)(H,23,25)/b22-12+. The third kappa shape index (κ3) is 6.06. The van der Waals surface area contributed by atoms with Crippen LogP contribution < -0.4 is 15.4 Å². The molecule has 0 aliphatic carbocycles. The van der Waals surface area contributed by atoms with Crippen molar-refractivity contribution >= 4 is 23.9 Å². The molecule has 1 unspecified atom stereocenters. The van der Waals surface area contributed by atoms with Gasteiger partial charge in [0.05, 0.1) is 19.2 Å². The second kappa shape index (κ2) is 10.3. The zero-order valence-corrected chi connectivity index (χ0v) is 16.6. The first kappa shape index (κ1) is 21.9. The van der Waals surface area contributed by atoms with Gasteiger partial charge in [0.15, 0.2) is 0 Å². The highest BCUT2D eigenvalue weighted by molar-refractivity contribution is 6.26. The summed E-state index contributed by atoms with van der Waals surface area (Å²) in [6, 6.07) is 6.68. The van der Waals surface area contributed by atoms with Gasteiger partial charge in [0.25, 0.3) is 11.8 Å². The van der Waals surface area contributed by atoms with Gasteiger partial charge in [0.1, 0.15) is 19.1 Å². The van der Waals surface area contributed by atoms with E-state index in [1.807, 2.05) is 0 Å². The van der Waals surface area contributed by atoms with Crippen LogP contribution in [0, 0.1) is 0 Å². The fraction of sp³-hybridized carbons (Fsp3) is 0.400. The summed E-state index contributed by atoms with van der Waals surface area (Å²) in [6.45, 7) is 4.38. The molecule has 1 saturated heterocycles. The van der Waals surface area contributed by atoms with Crippen LogP contribution in [0.5, 0.6) is 5.75 Å². The summed E-state index contributed by atoms with van der Waals surface area (Å²) in [7, 11) is 2.86. The highest BCUT2D eigenvalue weighted by Gasteiger charge is 2.40. The van der Waals surface area contributed by atoms with Crippen LogP contribution in [0.3, 0.4) is 0 Å². The first-order valence-electron chi connectivity index (χ1n) is 9.12. The van der Waals surface area contributed by atoms with Gasteiger partial charge in [-0.05, 0) is 31.0 Å². The van der Waals surface area contributed by atoms with Gasteiger partial charge < -0.3 is 25.1 Å². The average Bonchev–Trinajstić information content (AvgIpc) is 3.14. The van der Waals surface area contributed by atoms with Crippen LogP contribution in [-0.2, 0) is 14.4 Å². The number of benzene rings is 1. The van der Waals surface area contributed by atoms with Crippen molar-refractivity contribution < 1.29 is 24.0 Å². The second-order valence-electron chi connectivity index (χ2n) is 6.66. The number of carbonyl (C=O) groups is 3. The highest BCUT2D eigenvalue weighted by atomic mass is 16.6. The van der Waals surface area contributed by atoms with E-state index in [0.717, 1.165) is 6.21 Å². The van der Waals surface area contributed by atoms with Gasteiger partial charge in [-0.2, -0.15) is 0 Å². The van der Waals surface area contributed by atoms with E-state index < -0.39 is 11.4 Å². The zero-order chi connectivity index (χ0) is 21.3. The van der Waals surface area contributed by atoms with Crippen LogP contribution in [0.25, 0.3) is 0 Å². The van der Waals surface area contributed by atoms with Gasteiger partial charge >= 0.3 is 0 Å². The number of ether oxygens (including phenoxy) is 1. The van der Waals surface area contributed by atoms with Crippen molar-refractivity contribution in [3.63, 3.8) is 0 Å². The summed E-state index contributed by atoms with van der Waals surface area (Å²) in [6.07, 6.45) is 3.82. The lowest BCUT2D eigenvalue weighted by atomic mass is 9.94. The zero-order valence-electron chi connectivity index (χ0n) is 16.6. The van der Waals surface area contributed by atoms with Crippen LogP contribution in [-0.4, -0.2) is 68.2 Å². The normalized spacial score (nSPS) is 18.3. The maximum atomic E-state index is 12.6. The molecule has 2 N–H and O–H groups in total. The van der Waals surface area contributed by atoms with Crippen molar-refractivity contribution in [3.8, 4) is 5.75 Å². The van der Waals surface area contributed by atoms with Gasteiger partial charge in [0.2, 0.25) is 5.91 Å². The number of hydrogen-bond acceptors (Lipinski definition) is 6. The second-order valence-corrected chi connectivity index (χ2v) is 6.66. The first-order chi connectivity index (χ1) is 13.9. The van der Waals surface area contributed by atoms with Crippen LogP contribution in [0.1, 0.15) is 23.2 Å². The van der Waals surface area contributed by atoms with Crippen LogP contribution in [0.4, 0.5) is 0 Å².